The van der Waals surface area contributed by atoms with E-state index in [4.69, 9.17) is 4.42 Å². The van der Waals surface area contributed by atoms with E-state index in [0.29, 0.717) is 12.3 Å². The van der Waals surface area contributed by atoms with E-state index in [9.17, 15) is 4.79 Å². The predicted octanol–water partition coefficient (Wildman–Crippen LogP) is 3.54. The van der Waals surface area contributed by atoms with E-state index in [-0.39, 0.29) is 5.91 Å². The molecular weight excluding hydrogens is 276 g/mol. The van der Waals surface area contributed by atoms with Gasteiger partial charge < -0.3 is 9.32 Å². The lowest BCUT2D eigenvalue weighted by molar-refractivity contribution is 0.0963. The molecule has 108 valence electrons. The van der Waals surface area contributed by atoms with Gasteiger partial charge in [-0.3, -0.25) is 9.78 Å². The molecule has 4 rings (SSSR count). The average molecular weight is 290 g/mol. The molecule has 0 saturated heterocycles. The highest BCUT2D eigenvalue weighted by molar-refractivity contribution is 6.09. The second-order valence-electron chi connectivity index (χ2n) is 5.24. The lowest BCUT2D eigenvalue weighted by Gasteiger charge is -2.16. The van der Waals surface area contributed by atoms with Gasteiger partial charge in [-0.15, -0.1) is 0 Å². The minimum absolute atomic E-state index is 0.103. The smallest absolute Gasteiger partial charge is 0.294 e. The zero-order valence-corrected chi connectivity index (χ0v) is 11.9. The molecule has 4 heteroatoms. The van der Waals surface area contributed by atoms with Crippen molar-refractivity contribution in [3.05, 3.63) is 72.4 Å². The number of amides is 1. The Morgan fingerprint density at radius 1 is 1.14 bits per heavy atom. The number of furan rings is 1. The van der Waals surface area contributed by atoms with Gasteiger partial charge in [-0.1, -0.05) is 30.3 Å². The zero-order chi connectivity index (χ0) is 14.9. The Balaban J connectivity index is 1.73. The van der Waals surface area contributed by atoms with Gasteiger partial charge in [0.15, 0.2) is 5.76 Å². The van der Waals surface area contributed by atoms with Crippen LogP contribution in [0.4, 0.5) is 5.69 Å². The highest BCUT2D eigenvalue weighted by atomic mass is 16.3. The molecule has 4 nitrogen and oxygen atoms in total. The number of rotatable bonds is 2. The third-order valence-electron chi connectivity index (χ3n) is 3.96. The van der Waals surface area contributed by atoms with Gasteiger partial charge >= 0.3 is 0 Å². The van der Waals surface area contributed by atoms with E-state index in [1.165, 1.54) is 0 Å². The van der Waals surface area contributed by atoms with Crippen molar-refractivity contribution in [3.8, 4) is 11.1 Å². The predicted molar refractivity (Wildman–Crippen MR) is 83.8 cm³/mol. The Hall–Kier alpha value is -2.88. The maximum Gasteiger partial charge on any atom is 0.294 e. The van der Waals surface area contributed by atoms with Gasteiger partial charge in [-0.25, -0.2) is 0 Å². The fourth-order valence-electron chi connectivity index (χ4n) is 2.88. The lowest BCUT2D eigenvalue weighted by atomic mass is 10.1. The van der Waals surface area contributed by atoms with E-state index in [0.717, 1.165) is 28.8 Å². The number of pyridine rings is 1. The molecule has 22 heavy (non-hydrogen) atoms. The van der Waals surface area contributed by atoms with Crippen LogP contribution in [0.1, 0.15) is 16.1 Å². The number of anilines is 1. The number of carbonyl (C=O) groups is 1. The van der Waals surface area contributed by atoms with Gasteiger partial charge in [-0.05, 0) is 29.7 Å². The molecule has 1 aliphatic rings. The van der Waals surface area contributed by atoms with Crippen molar-refractivity contribution in [2.75, 3.05) is 11.4 Å². The molecule has 2 aromatic heterocycles. The molecule has 3 heterocycles. The summed E-state index contributed by atoms with van der Waals surface area (Å²) in [5, 5.41) is 0. The molecule has 0 atom stereocenters. The van der Waals surface area contributed by atoms with E-state index in [2.05, 4.69) is 4.98 Å². The summed E-state index contributed by atoms with van der Waals surface area (Å²) in [6, 6.07) is 13.5. The SMILES string of the molecule is O=C(c1occc1-c1ccccc1)N1CCc2cnccc21. The van der Waals surface area contributed by atoms with Crippen molar-refractivity contribution >= 4 is 11.6 Å². The van der Waals surface area contributed by atoms with Crippen molar-refractivity contribution in [1.82, 2.24) is 4.98 Å². The molecule has 0 spiro atoms. The molecule has 1 aliphatic heterocycles. The molecule has 0 saturated carbocycles. The number of benzene rings is 1. The maximum atomic E-state index is 12.9. The molecule has 0 radical (unpaired) electrons. The minimum atomic E-state index is -0.103. The van der Waals surface area contributed by atoms with Crippen LogP contribution >= 0.6 is 0 Å². The summed E-state index contributed by atoms with van der Waals surface area (Å²) in [6.07, 6.45) is 5.93. The van der Waals surface area contributed by atoms with Crippen LogP contribution in [0.3, 0.4) is 0 Å². The minimum Gasteiger partial charge on any atom is -0.458 e. The van der Waals surface area contributed by atoms with Crippen molar-refractivity contribution in [3.63, 3.8) is 0 Å². The van der Waals surface area contributed by atoms with E-state index in [1.54, 1.807) is 17.4 Å². The first-order valence-electron chi connectivity index (χ1n) is 7.22. The molecular formula is C18H14N2O2. The van der Waals surface area contributed by atoms with Gasteiger partial charge in [0.25, 0.3) is 5.91 Å². The fraction of sp³-hybridized carbons (Fsp3) is 0.111. The Kier molecular flexibility index (Phi) is 3.00. The lowest BCUT2D eigenvalue weighted by Crippen LogP contribution is -2.28. The summed E-state index contributed by atoms with van der Waals surface area (Å²) < 4.78 is 5.50. The Labute approximate surface area is 128 Å². The molecule has 0 fully saturated rings. The van der Waals surface area contributed by atoms with Gasteiger partial charge in [0, 0.05) is 24.5 Å². The molecule has 0 bridgehead atoms. The monoisotopic (exact) mass is 290 g/mol. The van der Waals surface area contributed by atoms with Crippen LogP contribution in [-0.4, -0.2) is 17.4 Å². The van der Waals surface area contributed by atoms with Crippen LogP contribution in [0, 0.1) is 0 Å². The highest BCUT2D eigenvalue weighted by Crippen LogP contribution is 2.31. The summed E-state index contributed by atoms with van der Waals surface area (Å²) in [6.45, 7) is 0.661. The first-order valence-corrected chi connectivity index (χ1v) is 7.22. The number of fused-ring (bicyclic) bond motifs is 1. The molecule has 3 aromatic rings. The number of hydrogen-bond donors (Lipinski definition) is 0. The van der Waals surface area contributed by atoms with Crippen LogP contribution in [0.5, 0.6) is 0 Å². The van der Waals surface area contributed by atoms with Crippen LogP contribution in [0.2, 0.25) is 0 Å². The van der Waals surface area contributed by atoms with Crippen LogP contribution in [-0.2, 0) is 6.42 Å². The second-order valence-corrected chi connectivity index (χ2v) is 5.24. The highest BCUT2D eigenvalue weighted by Gasteiger charge is 2.29. The molecule has 1 amide bonds. The molecule has 0 unspecified atom stereocenters. The van der Waals surface area contributed by atoms with E-state index < -0.39 is 0 Å². The van der Waals surface area contributed by atoms with Crippen LogP contribution < -0.4 is 4.90 Å². The Bertz CT molecular complexity index is 824. The van der Waals surface area contributed by atoms with Crippen molar-refractivity contribution in [2.45, 2.75) is 6.42 Å². The van der Waals surface area contributed by atoms with Gasteiger partial charge in [0.2, 0.25) is 0 Å². The average Bonchev–Trinajstić information content (AvgIpc) is 3.22. The van der Waals surface area contributed by atoms with Gasteiger partial charge in [0.1, 0.15) is 0 Å². The zero-order valence-electron chi connectivity index (χ0n) is 11.9. The van der Waals surface area contributed by atoms with Gasteiger partial charge in [-0.2, -0.15) is 0 Å². The van der Waals surface area contributed by atoms with Gasteiger partial charge in [0.05, 0.1) is 12.0 Å². The van der Waals surface area contributed by atoms with Crippen LogP contribution in [0.15, 0.2) is 65.5 Å². The number of carbonyl (C=O) groups excluding carboxylic acids is 1. The molecule has 1 aromatic carbocycles. The molecule has 0 N–H and O–H groups in total. The summed E-state index contributed by atoms with van der Waals surface area (Å²) >= 11 is 0. The summed E-state index contributed by atoms with van der Waals surface area (Å²) in [5.41, 5.74) is 3.83. The summed E-state index contributed by atoms with van der Waals surface area (Å²) in [7, 11) is 0. The van der Waals surface area contributed by atoms with E-state index >= 15 is 0 Å². The van der Waals surface area contributed by atoms with Crippen molar-refractivity contribution in [1.29, 1.82) is 0 Å². The van der Waals surface area contributed by atoms with Crippen LogP contribution in [0.25, 0.3) is 11.1 Å². The quantitative estimate of drug-likeness (QED) is 0.725. The normalized spacial score (nSPS) is 13.2. The first kappa shape index (κ1) is 12.8. The summed E-state index contributed by atoms with van der Waals surface area (Å²) in [5.74, 6) is 0.282. The molecule has 0 aliphatic carbocycles. The van der Waals surface area contributed by atoms with E-state index in [1.807, 2.05) is 48.7 Å². The summed E-state index contributed by atoms with van der Waals surface area (Å²) in [4.78, 5) is 18.8. The number of hydrogen-bond acceptors (Lipinski definition) is 3. The largest absolute Gasteiger partial charge is 0.458 e. The van der Waals surface area contributed by atoms with Crippen molar-refractivity contribution < 1.29 is 9.21 Å². The first-order chi connectivity index (χ1) is 10.8. The third kappa shape index (κ3) is 2.00. The second kappa shape index (κ2) is 5.15. The number of aromatic nitrogens is 1. The Morgan fingerprint density at radius 2 is 2.00 bits per heavy atom. The third-order valence-corrected chi connectivity index (χ3v) is 3.96. The number of nitrogens with zero attached hydrogens (tertiary/aromatic N) is 2. The maximum absolute atomic E-state index is 12.9. The fourth-order valence-corrected chi connectivity index (χ4v) is 2.88. The van der Waals surface area contributed by atoms with Crippen molar-refractivity contribution in [2.24, 2.45) is 0 Å². The standard InChI is InChI=1S/C18H14N2O2/c21-18(20-10-7-14-12-19-9-6-16(14)20)17-15(8-11-22-17)13-4-2-1-3-5-13/h1-6,8-9,11-12H,7,10H2. The Morgan fingerprint density at radius 3 is 2.86 bits per heavy atom. The topological polar surface area (TPSA) is 46.3 Å².